The molecule has 2 heterocycles. The van der Waals surface area contributed by atoms with Gasteiger partial charge in [0.15, 0.2) is 0 Å². The fourth-order valence-corrected chi connectivity index (χ4v) is 6.34. The van der Waals surface area contributed by atoms with Crippen LogP contribution in [0.25, 0.3) is 42.4 Å². The molecule has 0 radical (unpaired) electrons. The molecule has 2 aromatic heterocycles. The van der Waals surface area contributed by atoms with E-state index < -0.39 is 0 Å². The average Bonchev–Trinajstić information content (AvgIpc) is 3.29. The summed E-state index contributed by atoms with van der Waals surface area (Å²) in [4.78, 5) is 1.33. The Bertz CT molecular complexity index is 1340. The molecule has 0 fully saturated rings. The topological polar surface area (TPSA) is 0 Å². The molecule has 3 aromatic carbocycles. The van der Waals surface area contributed by atoms with Crippen molar-refractivity contribution >= 4 is 42.8 Å². The largest absolute Gasteiger partial charge is 0.207 e. The van der Waals surface area contributed by atoms with Crippen LogP contribution in [0.15, 0.2) is 66.0 Å². The Labute approximate surface area is 164 Å². The van der Waals surface area contributed by atoms with Gasteiger partial charge in [-0.25, -0.2) is 4.39 Å². The quantitative estimate of drug-likeness (QED) is 0.292. The van der Waals surface area contributed by atoms with Crippen molar-refractivity contribution in [1.82, 2.24) is 0 Å². The fourth-order valence-electron chi connectivity index (χ4n) is 4.16. The van der Waals surface area contributed by atoms with E-state index in [0.717, 1.165) is 18.4 Å². The number of thiophene rings is 2. The summed E-state index contributed by atoms with van der Waals surface area (Å²) < 4.78 is 16.7. The van der Waals surface area contributed by atoms with Gasteiger partial charge < -0.3 is 0 Å². The second kappa shape index (κ2) is 5.75. The number of hydrogen-bond acceptors (Lipinski definition) is 2. The summed E-state index contributed by atoms with van der Waals surface area (Å²) in [7, 11) is 0. The van der Waals surface area contributed by atoms with Crippen LogP contribution < -0.4 is 0 Å². The highest BCUT2D eigenvalue weighted by atomic mass is 32.1. The molecular formula is C24H15FS2. The number of fused-ring (bicyclic) bond motifs is 8. The molecule has 0 bridgehead atoms. The minimum atomic E-state index is -0.100. The second-order valence-electron chi connectivity index (χ2n) is 7.04. The van der Waals surface area contributed by atoms with Gasteiger partial charge in [-0.1, -0.05) is 42.5 Å². The maximum Gasteiger partial charge on any atom is 0.126 e. The predicted octanol–water partition coefficient (Wildman–Crippen LogP) is 7.69. The van der Waals surface area contributed by atoms with Gasteiger partial charge in [0, 0.05) is 25.4 Å². The highest BCUT2D eigenvalue weighted by molar-refractivity contribution is 7.20. The summed E-state index contributed by atoms with van der Waals surface area (Å²) in [6.45, 7) is 0. The van der Waals surface area contributed by atoms with Crippen molar-refractivity contribution < 1.29 is 4.39 Å². The summed E-state index contributed by atoms with van der Waals surface area (Å²) in [5.74, 6) is -0.100. The van der Waals surface area contributed by atoms with Crippen LogP contribution in [0.5, 0.6) is 0 Å². The van der Waals surface area contributed by atoms with Crippen molar-refractivity contribution in [2.75, 3.05) is 0 Å². The van der Waals surface area contributed by atoms with Crippen LogP contribution in [0.3, 0.4) is 0 Å². The third-order valence-electron chi connectivity index (χ3n) is 5.50. The first-order valence-corrected chi connectivity index (χ1v) is 10.8. The van der Waals surface area contributed by atoms with Gasteiger partial charge in [0.2, 0.25) is 0 Å². The Morgan fingerprint density at radius 1 is 0.741 bits per heavy atom. The van der Waals surface area contributed by atoms with E-state index >= 15 is 0 Å². The normalized spacial score (nSPS) is 12.2. The van der Waals surface area contributed by atoms with Crippen LogP contribution in [0.2, 0.25) is 0 Å². The van der Waals surface area contributed by atoms with Crippen LogP contribution in [0, 0.1) is 5.82 Å². The van der Waals surface area contributed by atoms with Crippen LogP contribution >= 0.6 is 22.7 Å². The molecule has 130 valence electrons. The lowest BCUT2D eigenvalue weighted by molar-refractivity contribution is 0.609. The number of halogens is 1. The minimum Gasteiger partial charge on any atom is -0.207 e. The molecule has 3 heteroatoms. The number of hydrogen-bond donors (Lipinski definition) is 0. The molecular weight excluding hydrogens is 371 g/mol. The van der Waals surface area contributed by atoms with Crippen LogP contribution in [-0.2, 0) is 12.8 Å². The Morgan fingerprint density at radius 2 is 1.52 bits per heavy atom. The van der Waals surface area contributed by atoms with Gasteiger partial charge in [-0.05, 0) is 63.9 Å². The molecule has 27 heavy (non-hydrogen) atoms. The fraction of sp³-hybridized carbons (Fsp3) is 0.0833. The van der Waals surface area contributed by atoms with E-state index in [1.807, 2.05) is 34.8 Å². The van der Waals surface area contributed by atoms with Crippen LogP contribution in [0.1, 0.15) is 10.4 Å². The van der Waals surface area contributed by atoms with E-state index in [-0.39, 0.29) is 5.82 Å². The van der Waals surface area contributed by atoms with Crippen molar-refractivity contribution in [2.24, 2.45) is 0 Å². The molecule has 0 atom stereocenters. The van der Waals surface area contributed by atoms with E-state index in [1.54, 1.807) is 12.1 Å². The van der Waals surface area contributed by atoms with Gasteiger partial charge in [0.1, 0.15) is 5.82 Å². The first-order chi connectivity index (χ1) is 13.3. The lowest BCUT2D eigenvalue weighted by atomic mass is 9.79. The van der Waals surface area contributed by atoms with Gasteiger partial charge in [-0.15, -0.1) is 22.7 Å². The van der Waals surface area contributed by atoms with Crippen LogP contribution in [-0.4, -0.2) is 0 Å². The highest BCUT2D eigenvalue weighted by Crippen LogP contribution is 2.55. The van der Waals surface area contributed by atoms with Crippen molar-refractivity contribution in [3.63, 3.8) is 0 Å². The molecule has 0 N–H and O–H groups in total. The van der Waals surface area contributed by atoms with E-state index in [0.29, 0.717) is 0 Å². The van der Waals surface area contributed by atoms with E-state index in [2.05, 4.69) is 41.8 Å². The zero-order valence-corrected chi connectivity index (χ0v) is 16.1. The monoisotopic (exact) mass is 386 g/mol. The van der Waals surface area contributed by atoms with E-state index in [1.165, 1.54) is 47.3 Å². The molecule has 0 saturated heterocycles. The molecule has 0 saturated carbocycles. The molecule has 0 amide bonds. The summed E-state index contributed by atoms with van der Waals surface area (Å²) in [5, 5.41) is 4.81. The third-order valence-corrected chi connectivity index (χ3v) is 7.67. The molecule has 0 nitrogen and oxygen atoms in total. The number of rotatable bonds is 3. The lowest BCUT2D eigenvalue weighted by Gasteiger charge is -2.25. The summed E-state index contributed by atoms with van der Waals surface area (Å²) in [6.07, 6.45) is 1.62. The average molecular weight is 387 g/mol. The molecule has 5 aromatic rings. The molecule has 1 aliphatic rings. The Balaban J connectivity index is 1.40. The zero-order valence-electron chi connectivity index (χ0n) is 14.5. The first kappa shape index (κ1) is 15.6. The summed E-state index contributed by atoms with van der Waals surface area (Å²) in [5.41, 5.74) is 6.38. The first-order valence-electron chi connectivity index (χ1n) is 9.09. The predicted molar refractivity (Wildman–Crippen MR) is 115 cm³/mol. The lowest BCUT2D eigenvalue weighted by Crippen LogP contribution is -1.98. The Hall–Kier alpha value is -2.49. The van der Waals surface area contributed by atoms with Crippen molar-refractivity contribution in [1.29, 1.82) is 0 Å². The standard InChI is InChI=1S/C24H15FS2/c25-20-4-2-1-3-14(20)5-8-17-13-16-7-10-19-21-18(22(19)24(16)27-17)9-6-15-11-12-26-23(15)21/h1-4,6-7,9-13H,5,8H2. The Morgan fingerprint density at radius 3 is 2.37 bits per heavy atom. The highest BCUT2D eigenvalue weighted by Gasteiger charge is 2.28. The van der Waals surface area contributed by atoms with Gasteiger partial charge >= 0.3 is 0 Å². The molecule has 0 unspecified atom stereocenters. The van der Waals surface area contributed by atoms with Crippen molar-refractivity contribution in [3.05, 3.63) is 82.3 Å². The van der Waals surface area contributed by atoms with E-state index in [9.17, 15) is 4.39 Å². The third kappa shape index (κ3) is 2.25. The van der Waals surface area contributed by atoms with Crippen molar-refractivity contribution in [2.45, 2.75) is 12.8 Å². The number of benzene rings is 3. The van der Waals surface area contributed by atoms with Crippen molar-refractivity contribution in [3.8, 4) is 22.3 Å². The minimum absolute atomic E-state index is 0.100. The molecule has 1 aliphatic carbocycles. The van der Waals surface area contributed by atoms with Crippen LogP contribution in [0.4, 0.5) is 4.39 Å². The molecule has 0 aliphatic heterocycles. The SMILES string of the molecule is Fc1ccccc1CCc1cc2ccc3c(c2s1)-c1ccc2ccsc2c1-3. The Kier molecular flexibility index (Phi) is 3.31. The zero-order chi connectivity index (χ0) is 18.0. The second-order valence-corrected chi connectivity index (χ2v) is 9.09. The van der Waals surface area contributed by atoms with Gasteiger partial charge in [-0.2, -0.15) is 0 Å². The van der Waals surface area contributed by atoms with Gasteiger partial charge in [-0.3, -0.25) is 0 Å². The number of aryl methyl sites for hydroxylation is 2. The molecule has 6 rings (SSSR count). The van der Waals surface area contributed by atoms with E-state index in [4.69, 9.17) is 0 Å². The van der Waals surface area contributed by atoms with Gasteiger partial charge in [0.05, 0.1) is 0 Å². The maximum atomic E-state index is 13.9. The summed E-state index contributed by atoms with van der Waals surface area (Å²) in [6, 6.07) is 20.6. The smallest absolute Gasteiger partial charge is 0.126 e. The maximum absolute atomic E-state index is 13.9. The summed E-state index contributed by atoms with van der Waals surface area (Å²) >= 11 is 3.69. The van der Waals surface area contributed by atoms with Gasteiger partial charge in [0.25, 0.3) is 0 Å². The molecule has 0 spiro atoms.